The molecule has 0 bridgehead atoms. The summed E-state index contributed by atoms with van der Waals surface area (Å²) < 4.78 is 6.05. The fourth-order valence-corrected chi connectivity index (χ4v) is 4.16. The topological polar surface area (TPSA) is 84.6 Å². The molecule has 6 nitrogen and oxygen atoms in total. The van der Waals surface area contributed by atoms with E-state index in [1.54, 1.807) is 0 Å². The van der Waals surface area contributed by atoms with E-state index in [-0.39, 0.29) is 6.04 Å². The first-order valence-electron chi connectivity index (χ1n) is 11.6. The van der Waals surface area contributed by atoms with Crippen LogP contribution in [0.15, 0.2) is 71.6 Å². The van der Waals surface area contributed by atoms with Crippen LogP contribution < -0.4 is 21.1 Å². The van der Waals surface area contributed by atoms with E-state index in [2.05, 4.69) is 39.2 Å². The Hall–Kier alpha value is -3.82. The quantitative estimate of drug-likeness (QED) is 0.418. The van der Waals surface area contributed by atoms with E-state index in [0.717, 1.165) is 59.8 Å². The molecule has 2 heterocycles. The summed E-state index contributed by atoms with van der Waals surface area (Å²) in [5.74, 6) is 7.96. The molecule has 6 heteroatoms. The van der Waals surface area contributed by atoms with Crippen molar-refractivity contribution in [1.82, 2.24) is 10.3 Å². The highest BCUT2D eigenvalue weighted by Crippen LogP contribution is 2.38. The number of pyridine rings is 1. The Kier molecular flexibility index (Phi) is 7.79. The van der Waals surface area contributed by atoms with Gasteiger partial charge in [-0.05, 0) is 81.1 Å². The van der Waals surface area contributed by atoms with Crippen LogP contribution >= 0.6 is 0 Å². The van der Waals surface area contributed by atoms with Crippen molar-refractivity contribution in [3.63, 3.8) is 0 Å². The van der Waals surface area contributed by atoms with Crippen LogP contribution in [0.4, 0.5) is 11.5 Å². The lowest BCUT2D eigenvalue weighted by molar-refractivity contribution is 0.444. The van der Waals surface area contributed by atoms with Crippen molar-refractivity contribution in [2.75, 3.05) is 24.1 Å². The molecule has 0 spiro atoms. The number of nitrogens with two attached hydrogens (primary N) is 1. The number of aromatic nitrogens is 1. The van der Waals surface area contributed by atoms with Crippen molar-refractivity contribution < 1.29 is 4.74 Å². The van der Waals surface area contributed by atoms with E-state index >= 15 is 0 Å². The van der Waals surface area contributed by atoms with Gasteiger partial charge < -0.3 is 21.1 Å². The summed E-state index contributed by atoms with van der Waals surface area (Å²) in [4.78, 5) is 8.88. The van der Waals surface area contributed by atoms with Crippen LogP contribution in [0.25, 0.3) is 0 Å². The monoisotopic (exact) mass is 453 g/mol. The van der Waals surface area contributed by atoms with E-state index in [9.17, 15) is 0 Å². The summed E-state index contributed by atoms with van der Waals surface area (Å²) in [5, 5.41) is 7.13. The molecule has 1 unspecified atom stereocenters. The number of hydrogen-bond acceptors (Lipinski definition) is 6. The van der Waals surface area contributed by atoms with Crippen LogP contribution in [0, 0.1) is 18.8 Å². The molecule has 1 aromatic heterocycles. The molecule has 0 saturated carbocycles. The first-order chi connectivity index (χ1) is 16.7. The molecule has 0 amide bonds. The summed E-state index contributed by atoms with van der Waals surface area (Å²) in [6.07, 6.45) is 14.1. The second-order valence-electron chi connectivity index (χ2n) is 8.40. The number of aryl methyl sites for hydroxylation is 1. The van der Waals surface area contributed by atoms with Crippen molar-refractivity contribution >= 4 is 18.2 Å². The van der Waals surface area contributed by atoms with Crippen LogP contribution in [0.5, 0.6) is 5.75 Å². The third kappa shape index (κ3) is 5.75. The molecule has 174 valence electrons. The van der Waals surface area contributed by atoms with E-state index < -0.39 is 0 Å². The number of anilines is 2. The van der Waals surface area contributed by atoms with E-state index in [1.165, 1.54) is 0 Å². The van der Waals surface area contributed by atoms with Crippen molar-refractivity contribution in [2.24, 2.45) is 4.99 Å². The Bertz CT molecular complexity index is 1160. The Morgan fingerprint density at radius 2 is 2.06 bits per heavy atom. The number of allylic oxidation sites excluding steroid dienone is 5. The number of aliphatic imine (C=N–C) groups is 1. The lowest BCUT2D eigenvalue weighted by Crippen LogP contribution is -2.35. The van der Waals surface area contributed by atoms with Gasteiger partial charge in [-0.3, -0.25) is 4.99 Å². The van der Waals surface area contributed by atoms with Gasteiger partial charge in [-0.2, -0.15) is 0 Å². The molecular weight excluding hydrogens is 422 g/mol. The largest absolute Gasteiger partial charge is 0.457 e. The van der Waals surface area contributed by atoms with Crippen LogP contribution in [-0.2, 0) is 0 Å². The van der Waals surface area contributed by atoms with Gasteiger partial charge in [0.05, 0.1) is 0 Å². The zero-order chi connectivity index (χ0) is 23.8. The standard InChI is InChI=1S/C28H31N5O/c1-20-19-32-28(29)25(26(20)33-22-15-17-31-18-16-22)27(30-2)21-11-13-24(14-12-21)34-23-9-7-5-3-4-6-8-10-23/h5,7-14,19,22,27,31H,2,6,15-18H2,1H3,(H3,29,32,33)/b7-5?,10-8-,23-9+. The molecule has 2 aromatic rings. The maximum absolute atomic E-state index is 6.40. The molecule has 1 aliphatic heterocycles. The normalized spacial score (nSPS) is 19.3. The first kappa shape index (κ1) is 23.3. The zero-order valence-electron chi connectivity index (χ0n) is 19.6. The molecule has 2 aliphatic rings. The maximum atomic E-state index is 6.40. The van der Waals surface area contributed by atoms with Crippen molar-refractivity contribution in [3.8, 4) is 17.6 Å². The van der Waals surface area contributed by atoms with Crippen LogP contribution in [0.3, 0.4) is 0 Å². The Morgan fingerprint density at radius 3 is 2.82 bits per heavy atom. The highest BCUT2D eigenvalue weighted by Gasteiger charge is 2.24. The predicted molar refractivity (Wildman–Crippen MR) is 140 cm³/mol. The lowest BCUT2D eigenvalue weighted by atomic mass is 9.95. The number of rotatable bonds is 7. The summed E-state index contributed by atoms with van der Waals surface area (Å²) >= 11 is 0. The number of nitrogens with zero attached hydrogens (tertiary/aromatic N) is 2. The molecule has 1 fully saturated rings. The third-order valence-electron chi connectivity index (χ3n) is 5.96. The third-order valence-corrected chi connectivity index (χ3v) is 5.96. The molecule has 1 aliphatic carbocycles. The van der Waals surface area contributed by atoms with Crippen molar-refractivity contribution in [1.29, 1.82) is 0 Å². The van der Waals surface area contributed by atoms with Gasteiger partial charge in [0.2, 0.25) is 0 Å². The second-order valence-corrected chi connectivity index (χ2v) is 8.40. The van der Waals surface area contributed by atoms with Crippen LogP contribution in [0.1, 0.15) is 42.0 Å². The lowest BCUT2D eigenvalue weighted by Gasteiger charge is -2.28. The van der Waals surface area contributed by atoms with E-state index in [0.29, 0.717) is 18.3 Å². The fourth-order valence-electron chi connectivity index (χ4n) is 4.16. The van der Waals surface area contributed by atoms with Crippen molar-refractivity contribution in [3.05, 3.63) is 83.3 Å². The molecule has 1 atom stereocenters. The molecule has 0 radical (unpaired) electrons. The van der Waals surface area contributed by atoms with Gasteiger partial charge >= 0.3 is 0 Å². The zero-order valence-corrected chi connectivity index (χ0v) is 19.6. The number of nitrogen functional groups attached to an aromatic ring is 1. The average Bonchev–Trinajstić information content (AvgIpc) is 2.99. The SMILES string of the molecule is C=NC(c1ccc(OC2=C/C=CC#CC/C=C\2)cc1)c1c(N)ncc(C)c1NC1CCNCC1. The molecule has 4 rings (SSSR count). The second kappa shape index (κ2) is 11.4. The minimum Gasteiger partial charge on any atom is -0.457 e. The Balaban J connectivity index is 1.58. The van der Waals surface area contributed by atoms with Crippen LogP contribution in [0.2, 0.25) is 0 Å². The molecule has 34 heavy (non-hydrogen) atoms. The van der Waals surface area contributed by atoms with Gasteiger partial charge in [0.1, 0.15) is 23.4 Å². The predicted octanol–water partition coefficient (Wildman–Crippen LogP) is 4.71. The highest BCUT2D eigenvalue weighted by atomic mass is 16.5. The first-order valence-corrected chi connectivity index (χ1v) is 11.6. The van der Waals surface area contributed by atoms with E-state index in [4.69, 9.17) is 10.5 Å². The average molecular weight is 454 g/mol. The van der Waals surface area contributed by atoms with Gasteiger partial charge in [0, 0.05) is 29.9 Å². The smallest absolute Gasteiger partial charge is 0.131 e. The molecule has 4 N–H and O–H groups in total. The Morgan fingerprint density at radius 1 is 1.26 bits per heavy atom. The number of piperidine rings is 1. The van der Waals surface area contributed by atoms with Gasteiger partial charge in [-0.15, -0.1) is 0 Å². The van der Waals surface area contributed by atoms with Gasteiger partial charge in [-0.1, -0.05) is 36.1 Å². The summed E-state index contributed by atoms with van der Waals surface area (Å²) in [6, 6.07) is 7.93. The van der Waals surface area contributed by atoms with Gasteiger partial charge in [0.25, 0.3) is 0 Å². The summed E-state index contributed by atoms with van der Waals surface area (Å²) in [5.41, 5.74) is 10.3. The summed E-state index contributed by atoms with van der Waals surface area (Å²) in [6.45, 7) is 7.94. The Labute approximate surface area is 201 Å². The number of ether oxygens (including phenoxy) is 1. The summed E-state index contributed by atoms with van der Waals surface area (Å²) in [7, 11) is 0. The molecule has 1 aromatic carbocycles. The van der Waals surface area contributed by atoms with Gasteiger partial charge in [0.15, 0.2) is 0 Å². The van der Waals surface area contributed by atoms with E-state index in [1.807, 2.05) is 67.8 Å². The fraction of sp³-hybridized carbons (Fsp3) is 0.286. The minimum atomic E-state index is -0.338. The molecular formula is C28H31N5O. The number of hydrogen-bond donors (Lipinski definition) is 3. The van der Waals surface area contributed by atoms with Gasteiger partial charge in [-0.25, -0.2) is 4.98 Å². The molecule has 1 saturated heterocycles. The van der Waals surface area contributed by atoms with Crippen LogP contribution in [-0.4, -0.2) is 30.8 Å². The highest BCUT2D eigenvalue weighted by molar-refractivity contribution is 5.68. The number of nitrogens with one attached hydrogen (secondary N) is 2. The maximum Gasteiger partial charge on any atom is 0.131 e. The minimum absolute atomic E-state index is 0.338. The van der Waals surface area contributed by atoms with Crippen molar-refractivity contribution in [2.45, 2.75) is 38.3 Å². The number of benzene rings is 1.